The minimum absolute atomic E-state index is 0.0302. The van der Waals surface area contributed by atoms with Crippen molar-refractivity contribution in [2.24, 2.45) is 0 Å². The normalized spacial score (nSPS) is 15.8. The molecule has 0 spiro atoms. The Morgan fingerprint density at radius 3 is 1.56 bits per heavy atom. The summed E-state index contributed by atoms with van der Waals surface area (Å²) in [5.41, 5.74) is 4.27. The lowest BCUT2D eigenvalue weighted by Gasteiger charge is -2.23. The Bertz CT molecular complexity index is 2360. The SMILES string of the molecule is CCOC(=O)c1c2ccc(OC(CN3CCCC3)C(=O)O)cc2n2ccccc12.CCOC(=O)c1c2ccc(OC(CO)CN3CCCC3)cc2n2ccccc12. The molecule has 0 amide bonds. The average Bonchev–Trinajstić information content (AvgIpc) is 4.04. The number of carboxylic acid groups (broad SMARTS) is 1. The predicted octanol–water partition coefficient (Wildman–Crippen LogP) is 6.30. The highest BCUT2D eigenvalue weighted by Crippen LogP contribution is 2.32. The zero-order valence-electron chi connectivity index (χ0n) is 32.5. The highest BCUT2D eigenvalue weighted by atomic mass is 16.5. The van der Waals surface area contributed by atoms with Crippen molar-refractivity contribution >= 4 is 50.7 Å². The van der Waals surface area contributed by atoms with E-state index in [1.54, 1.807) is 32.0 Å². The summed E-state index contributed by atoms with van der Waals surface area (Å²) in [6, 6.07) is 22.3. The summed E-state index contributed by atoms with van der Waals surface area (Å²) in [7, 11) is 0. The van der Waals surface area contributed by atoms with E-state index in [-0.39, 0.29) is 24.6 Å². The molecule has 0 saturated carbocycles. The van der Waals surface area contributed by atoms with Crippen molar-refractivity contribution in [1.29, 1.82) is 0 Å². The maximum atomic E-state index is 12.5. The summed E-state index contributed by atoms with van der Waals surface area (Å²) in [5, 5.41) is 20.9. The lowest BCUT2D eigenvalue weighted by atomic mass is 10.1. The van der Waals surface area contributed by atoms with Gasteiger partial charge in [0, 0.05) is 48.4 Å². The first kappa shape index (κ1) is 39.6. The number of carboxylic acids is 1. The van der Waals surface area contributed by atoms with Crippen molar-refractivity contribution < 1.29 is 43.5 Å². The molecular formula is C44H50N4O9. The van der Waals surface area contributed by atoms with E-state index in [0.29, 0.717) is 42.4 Å². The molecule has 2 aliphatic heterocycles. The van der Waals surface area contributed by atoms with Crippen LogP contribution in [-0.2, 0) is 14.3 Å². The quantitative estimate of drug-likeness (QED) is 0.120. The van der Waals surface area contributed by atoms with Gasteiger partial charge >= 0.3 is 17.9 Å². The zero-order chi connectivity index (χ0) is 39.9. The first-order chi connectivity index (χ1) is 27.8. The number of benzene rings is 2. The summed E-state index contributed by atoms with van der Waals surface area (Å²) < 4.78 is 26.3. The van der Waals surface area contributed by atoms with E-state index in [9.17, 15) is 24.6 Å². The summed E-state index contributed by atoms with van der Waals surface area (Å²) in [4.78, 5) is 41.2. The Labute approximate surface area is 330 Å². The fourth-order valence-corrected chi connectivity index (χ4v) is 7.92. The van der Waals surface area contributed by atoms with Gasteiger partial charge in [-0.25, -0.2) is 14.4 Å². The molecule has 2 aromatic carbocycles. The van der Waals surface area contributed by atoms with Gasteiger partial charge in [0.1, 0.15) is 17.6 Å². The minimum Gasteiger partial charge on any atom is -0.487 e. The molecular weight excluding hydrogens is 729 g/mol. The molecule has 0 bridgehead atoms. The Balaban J connectivity index is 0.000000174. The van der Waals surface area contributed by atoms with Crippen molar-refractivity contribution in [2.45, 2.75) is 51.7 Å². The maximum absolute atomic E-state index is 12.5. The van der Waals surface area contributed by atoms with Crippen LogP contribution in [0.2, 0.25) is 0 Å². The van der Waals surface area contributed by atoms with Crippen molar-refractivity contribution in [3.8, 4) is 11.5 Å². The van der Waals surface area contributed by atoms with E-state index in [4.69, 9.17) is 18.9 Å². The second-order valence-corrected chi connectivity index (χ2v) is 14.3. The molecule has 0 radical (unpaired) electrons. The van der Waals surface area contributed by atoms with Crippen LogP contribution >= 0.6 is 0 Å². The number of nitrogens with zero attached hydrogens (tertiary/aromatic N) is 4. The van der Waals surface area contributed by atoms with E-state index in [1.807, 2.05) is 75.8 Å². The van der Waals surface area contributed by atoms with Crippen LogP contribution in [0.5, 0.6) is 11.5 Å². The molecule has 2 aliphatic rings. The topological polar surface area (TPSA) is 144 Å². The van der Waals surface area contributed by atoms with E-state index in [1.165, 1.54) is 12.8 Å². The number of aromatic nitrogens is 2. The second-order valence-electron chi connectivity index (χ2n) is 14.3. The molecule has 2 saturated heterocycles. The number of pyridine rings is 2. The number of hydrogen-bond donors (Lipinski definition) is 2. The van der Waals surface area contributed by atoms with Gasteiger partial charge in [0.15, 0.2) is 0 Å². The van der Waals surface area contributed by atoms with Crippen LogP contribution in [0.1, 0.15) is 60.2 Å². The molecule has 2 N–H and O–H groups in total. The van der Waals surface area contributed by atoms with Crippen LogP contribution in [0.25, 0.3) is 32.8 Å². The minimum atomic E-state index is -0.982. The monoisotopic (exact) mass is 778 g/mol. The van der Waals surface area contributed by atoms with Crippen LogP contribution in [-0.4, -0.2) is 118 Å². The Hall–Kier alpha value is -5.63. The Morgan fingerprint density at radius 2 is 1.11 bits per heavy atom. The van der Waals surface area contributed by atoms with Crippen LogP contribution in [0.15, 0.2) is 85.2 Å². The average molecular weight is 779 g/mol. The number of aliphatic carboxylic acids is 1. The van der Waals surface area contributed by atoms with Crippen molar-refractivity contribution in [3.63, 3.8) is 0 Å². The third kappa shape index (κ3) is 8.70. The second kappa shape index (κ2) is 18.1. The van der Waals surface area contributed by atoms with Crippen LogP contribution in [0, 0.1) is 0 Å². The van der Waals surface area contributed by atoms with Gasteiger partial charge in [-0.15, -0.1) is 0 Å². The standard InChI is InChI=1S/C22H24N2O5.C22H26N2O4/c1-2-28-22(27)20-16-9-8-15(13-18(16)24-12-4-3-7-17(20)24)29-19(21(25)26)14-23-10-5-6-11-23;1-2-27-22(26)21-18-9-8-16(13-20(18)24-12-4-3-7-19(21)24)28-17(15-25)14-23-10-5-6-11-23/h3-4,7-9,12-13,19H,2,5-6,10-11,14H2,1H3,(H,25,26);3-4,7-9,12-13,17,25H,2,5-6,10-11,14-15H2,1H3. The Morgan fingerprint density at radius 1 is 0.632 bits per heavy atom. The fourth-order valence-electron chi connectivity index (χ4n) is 7.92. The first-order valence-corrected chi connectivity index (χ1v) is 19.8. The van der Waals surface area contributed by atoms with Gasteiger partial charge < -0.3 is 38.0 Å². The largest absolute Gasteiger partial charge is 0.487 e. The molecule has 6 heterocycles. The van der Waals surface area contributed by atoms with Crippen molar-refractivity contribution in [2.75, 3.05) is 59.1 Å². The molecule has 2 atom stereocenters. The summed E-state index contributed by atoms with van der Waals surface area (Å²) in [5.74, 6) is -0.536. The van der Waals surface area contributed by atoms with E-state index < -0.39 is 12.1 Å². The van der Waals surface area contributed by atoms with Gasteiger partial charge in [0.05, 0.1) is 53.0 Å². The number of esters is 2. The molecule has 4 aromatic heterocycles. The molecule has 6 aromatic rings. The van der Waals surface area contributed by atoms with Gasteiger partial charge in [-0.2, -0.15) is 0 Å². The maximum Gasteiger partial charge on any atom is 0.346 e. The van der Waals surface area contributed by atoms with Crippen molar-refractivity contribution in [1.82, 2.24) is 18.6 Å². The van der Waals surface area contributed by atoms with Crippen LogP contribution in [0.4, 0.5) is 0 Å². The molecule has 300 valence electrons. The van der Waals surface area contributed by atoms with Crippen molar-refractivity contribution in [3.05, 3.63) is 96.3 Å². The summed E-state index contributed by atoms with van der Waals surface area (Å²) in [6.07, 6.45) is 7.16. The highest BCUT2D eigenvalue weighted by molar-refractivity contribution is 6.12. The molecule has 13 nitrogen and oxygen atoms in total. The lowest BCUT2D eigenvalue weighted by Crippen LogP contribution is -2.39. The number of carbonyl (C=O) groups is 3. The third-order valence-corrected chi connectivity index (χ3v) is 10.5. The Kier molecular flexibility index (Phi) is 12.6. The predicted molar refractivity (Wildman–Crippen MR) is 217 cm³/mol. The number of carbonyl (C=O) groups excluding carboxylic acids is 2. The number of rotatable bonds is 14. The van der Waals surface area contributed by atoms with Crippen LogP contribution < -0.4 is 9.47 Å². The molecule has 2 unspecified atom stereocenters. The van der Waals surface area contributed by atoms with Gasteiger partial charge in [-0.3, -0.25) is 9.80 Å². The van der Waals surface area contributed by atoms with Gasteiger partial charge in [0.2, 0.25) is 6.10 Å². The van der Waals surface area contributed by atoms with Gasteiger partial charge in [0.25, 0.3) is 0 Å². The molecule has 57 heavy (non-hydrogen) atoms. The van der Waals surface area contributed by atoms with E-state index >= 15 is 0 Å². The van der Waals surface area contributed by atoms with Crippen LogP contribution in [0.3, 0.4) is 0 Å². The summed E-state index contributed by atoms with van der Waals surface area (Å²) in [6.45, 7) is 9.18. The number of likely N-dealkylation sites (tertiary alicyclic amines) is 2. The fraction of sp³-hybridized carbons (Fsp3) is 0.386. The van der Waals surface area contributed by atoms with E-state index in [0.717, 1.165) is 78.4 Å². The molecule has 2 fully saturated rings. The third-order valence-electron chi connectivity index (χ3n) is 10.5. The molecule has 13 heteroatoms. The van der Waals surface area contributed by atoms with Gasteiger partial charge in [-0.1, -0.05) is 12.1 Å². The highest BCUT2D eigenvalue weighted by Gasteiger charge is 2.26. The lowest BCUT2D eigenvalue weighted by molar-refractivity contribution is -0.145. The number of hydrogen-bond acceptors (Lipinski definition) is 10. The number of aliphatic hydroxyl groups is 1. The molecule has 0 aliphatic carbocycles. The zero-order valence-corrected chi connectivity index (χ0v) is 32.5. The first-order valence-electron chi connectivity index (χ1n) is 19.8. The smallest absolute Gasteiger partial charge is 0.346 e. The number of ether oxygens (including phenoxy) is 4. The number of fused-ring (bicyclic) bond motifs is 6. The summed E-state index contributed by atoms with van der Waals surface area (Å²) >= 11 is 0. The van der Waals surface area contributed by atoms with E-state index in [2.05, 4.69) is 9.80 Å². The van der Waals surface area contributed by atoms with Gasteiger partial charge in [-0.05, 0) is 114 Å². The number of aliphatic hydroxyl groups excluding tert-OH is 1. The molecule has 8 rings (SSSR count).